The van der Waals surface area contributed by atoms with Crippen molar-refractivity contribution in [3.05, 3.63) is 62.2 Å². The number of aryl methyl sites for hydroxylation is 1. The van der Waals surface area contributed by atoms with Crippen LogP contribution < -0.4 is 5.32 Å². The molecule has 2 aromatic carbocycles. The van der Waals surface area contributed by atoms with Gasteiger partial charge in [0.15, 0.2) is 0 Å². The minimum Gasteiger partial charge on any atom is -0.322 e. The Balaban J connectivity index is 2.13. The van der Waals surface area contributed by atoms with Crippen LogP contribution in [0.25, 0.3) is 0 Å². The Kier molecular flexibility index (Phi) is 4.82. The molecule has 0 atom stereocenters. The highest BCUT2D eigenvalue weighted by Gasteiger charge is 2.08. The predicted octanol–water partition coefficient (Wildman–Crippen LogP) is 4.76. The van der Waals surface area contributed by atoms with E-state index in [0.29, 0.717) is 10.6 Å². The molecule has 0 bridgehead atoms. The molecular weight excluding hydrogens is 373 g/mol. The van der Waals surface area contributed by atoms with E-state index in [4.69, 9.17) is 11.6 Å². The molecule has 98 valence electrons. The van der Waals surface area contributed by atoms with E-state index in [1.807, 2.05) is 30.3 Å². The maximum absolute atomic E-state index is 12.1. The van der Waals surface area contributed by atoms with Gasteiger partial charge in [-0.05, 0) is 64.9 Å². The van der Waals surface area contributed by atoms with E-state index in [9.17, 15) is 4.79 Å². The molecule has 1 N–H and O–H groups in total. The summed E-state index contributed by atoms with van der Waals surface area (Å²) in [4.78, 5) is 12.1. The molecule has 2 nitrogen and oxygen atoms in total. The van der Waals surface area contributed by atoms with Crippen LogP contribution in [0.1, 0.15) is 22.8 Å². The van der Waals surface area contributed by atoms with Crippen molar-refractivity contribution in [3.63, 3.8) is 0 Å². The third-order valence-corrected chi connectivity index (χ3v) is 4.37. The van der Waals surface area contributed by atoms with E-state index in [1.54, 1.807) is 12.1 Å². The van der Waals surface area contributed by atoms with E-state index in [2.05, 4.69) is 34.8 Å². The molecule has 0 fully saturated rings. The topological polar surface area (TPSA) is 29.1 Å². The molecule has 19 heavy (non-hydrogen) atoms. The number of carbonyl (C=O) groups is 1. The largest absolute Gasteiger partial charge is 0.322 e. The summed E-state index contributed by atoms with van der Waals surface area (Å²) in [7, 11) is 0. The fourth-order valence-electron chi connectivity index (χ4n) is 1.66. The van der Waals surface area contributed by atoms with Gasteiger partial charge in [0.2, 0.25) is 0 Å². The summed E-state index contributed by atoms with van der Waals surface area (Å²) in [6, 6.07) is 13.1. The summed E-state index contributed by atoms with van der Waals surface area (Å²) in [5, 5.41) is 3.45. The molecular formula is C15H13ClINO. The van der Waals surface area contributed by atoms with Gasteiger partial charge in [-0.1, -0.05) is 30.7 Å². The molecule has 2 aromatic rings. The van der Waals surface area contributed by atoms with Crippen molar-refractivity contribution in [2.24, 2.45) is 0 Å². The smallest absolute Gasteiger partial charge is 0.255 e. The third kappa shape index (κ3) is 3.70. The van der Waals surface area contributed by atoms with E-state index in [1.165, 1.54) is 5.56 Å². The number of nitrogens with one attached hydrogen (secondary N) is 1. The zero-order chi connectivity index (χ0) is 13.8. The second kappa shape index (κ2) is 6.39. The molecule has 0 radical (unpaired) electrons. The normalized spacial score (nSPS) is 10.3. The standard InChI is InChI=1S/C15H13ClINO/c1-2-10-3-6-12(7-4-10)18-15(19)11-5-8-14(17)13(16)9-11/h3-9H,2H2,1H3,(H,18,19). The highest BCUT2D eigenvalue weighted by molar-refractivity contribution is 14.1. The summed E-state index contributed by atoms with van der Waals surface area (Å²) in [6.45, 7) is 2.10. The van der Waals surface area contributed by atoms with Gasteiger partial charge in [0.05, 0.1) is 5.02 Å². The van der Waals surface area contributed by atoms with Crippen LogP contribution in [-0.4, -0.2) is 5.91 Å². The molecule has 0 heterocycles. The zero-order valence-corrected chi connectivity index (χ0v) is 13.3. The average Bonchev–Trinajstić information content (AvgIpc) is 2.42. The summed E-state index contributed by atoms with van der Waals surface area (Å²) in [5.74, 6) is -0.150. The molecule has 4 heteroatoms. The van der Waals surface area contributed by atoms with E-state index >= 15 is 0 Å². The molecule has 0 spiro atoms. The third-order valence-electron chi connectivity index (χ3n) is 2.80. The Morgan fingerprint density at radius 2 is 1.89 bits per heavy atom. The monoisotopic (exact) mass is 385 g/mol. The summed E-state index contributed by atoms with van der Waals surface area (Å²) in [5.41, 5.74) is 2.59. The molecule has 1 amide bonds. The number of carbonyl (C=O) groups excluding carboxylic acids is 1. The summed E-state index contributed by atoms with van der Waals surface area (Å²) < 4.78 is 0.933. The zero-order valence-electron chi connectivity index (χ0n) is 10.4. The first-order chi connectivity index (χ1) is 9.10. The Bertz CT molecular complexity index is 596. The number of amides is 1. The van der Waals surface area contributed by atoms with E-state index in [-0.39, 0.29) is 5.91 Å². The molecule has 0 aromatic heterocycles. The van der Waals surface area contributed by atoms with Gasteiger partial charge >= 0.3 is 0 Å². The first-order valence-electron chi connectivity index (χ1n) is 5.95. The van der Waals surface area contributed by atoms with Crippen molar-refractivity contribution >= 4 is 45.8 Å². The molecule has 0 unspecified atom stereocenters. The number of halogens is 2. The first-order valence-corrected chi connectivity index (χ1v) is 7.41. The van der Waals surface area contributed by atoms with Gasteiger partial charge in [0, 0.05) is 14.8 Å². The lowest BCUT2D eigenvalue weighted by molar-refractivity contribution is 0.102. The highest BCUT2D eigenvalue weighted by Crippen LogP contribution is 2.20. The number of rotatable bonds is 3. The van der Waals surface area contributed by atoms with E-state index < -0.39 is 0 Å². The molecule has 0 aliphatic rings. The maximum atomic E-state index is 12.1. The minimum absolute atomic E-state index is 0.150. The lowest BCUT2D eigenvalue weighted by Gasteiger charge is -2.07. The fraction of sp³-hybridized carbons (Fsp3) is 0.133. The fourth-order valence-corrected chi connectivity index (χ4v) is 2.18. The van der Waals surface area contributed by atoms with Crippen molar-refractivity contribution in [1.82, 2.24) is 0 Å². The lowest BCUT2D eigenvalue weighted by atomic mass is 10.1. The van der Waals surface area contributed by atoms with Crippen molar-refractivity contribution in [3.8, 4) is 0 Å². The van der Waals surface area contributed by atoms with Crippen molar-refractivity contribution in [1.29, 1.82) is 0 Å². The number of hydrogen-bond donors (Lipinski definition) is 1. The SMILES string of the molecule is CCc1ccc(NC(=O)c2ccc(I)c(Cl)c2)cc1. The molecule has 2 rings (SSSR count). The van der Waals surface area contributed by atoms with Gasteiger partial charge in [-0.2, -0.15) is 0 Å². The number of benzene rings is 2. The minimum atomic E-state index is -0.150. The first kappa shape index (κ1) is 14.3. The predicted molar refractivity (Wildman–Crippen MR) is 87.9 cm³/mol. The maximum Gasteiger partial charge on any atom is 0.255 e. The number of anilines is 1. The summed E-state index contributed by atoms with van der Waals surface area (Å²) in [6.07, 6.45) is 0.987. The van der Waals surface area contributed by atoms with Crippen LogP contribution in [0, 0.1) is 3.57 Å². The van der Waals surface area contributed by atoms with E-state index in [0.717, 1.165) is 15.7 Å². The van der Waals surface area contributed by atoms with Gasteiger partial charge in [-0.25, -0.2) is 0 Å². The second-order valence-electron chi connectivity index (χ2n) is 4.13. The Morgan fingerprint density at radius 3 is 2.47 bits per heavy atom. The molecule has 0 aliphatic carbocycles. The van der Waals surface area contributed by atoms with Crippen molar-refractivity contribution in [2.45, 2.75) is 13.3 Å². The Morgan fingerprint density at radius 1 is 1.21 bits per heavy atom. The van der Waals surface area contributed by atoms with Crippen LogP contribution in [0.3, 0.4) is 0 Å². The Hall–Kier alpha value is -1.07. The van der Waals surface area contributed by atoms with Crippen molar-refractivity contribution in [2.75, 3.05) is 5.32 Å². The van der Waals surface area contributed by atoms with Gasteiger partial charge in [0.25, 0.3) is 5.91 Å². The van der Waals surface area contributed by atoms with Crippen LogP contribution in [0.15, 0.2) is 42.5 Å². The van der Waals surface area contributed by atoms with Crippen LogP contribution >= 0.6 is 34.2 Å². The number of hydrogen-bond acceptors (Lipinski definition) is 1. The molecule has 0 saturated heterocycles. The van der Waals surface area contributed by atoms with Crippen LogP contribution in [0.2, 0.25) is 5.02 Å². The lowest BCUT2D eigenvalue weighted by Crippen LogP contribution is -2.11. The second-order valence-corrected chi connectivity index (χ2v) is 5.70. The molecule has 0 saturated carbocycles. The average molecular weight is 386 g/mol. The van der Waals surface area contributed by atoms with Gasteiger partial charge in [-0.15, -0.1) is 0 Å². The van der Waals surface area contributed by atoms with Crippen LogP contribution in [-0.2, 0) is 6.42 Å². The highest BCUT2D eigenvalue weighted by atomic mass is 127. The van der Waals surface area contributed by atoms with Gasteiger partial charge in [-0.3, -0.25) is 4.79 Å². The van der Waals surface area contributed by atoms with Gasteiger partial charge in [0.1, 0.15) is 0 Å². The Labute approximate surface area is 131 Å². The summed E-state index contributed by atoms with van der Waals surface area (Å²) >= 11 is 8.15. The molecule has 0 aliphatic heterocycles. The van der Waals surface area contributed by atoms with Gasteiger partial charge < -0.3 is 5.32 Å². The van der Waals surface area contributed by atoms with Crippen LogP contribution in [0.4, 0.5) is 5.69 Å². The van der Waals surface area contributed by atoms with Crippen LogP contribution in [0.5, 0.6) is 0 Å². The van der Waals surface area contributed by atoms with Crippen molar-refractivity contribution < 1.29 is 4.79 Å². The quantitative estimate of drug-likeness (QED) is 0.758.